The molecule has 130 valence electrons. The number of carbonyl (C=O) groups is 2. The lowest BCUT2D eigenvalue weighted by atomic mass is 10.1. The second-order valence-corrected chi connectivity index (χ2v) is 6.04. The lowest BCUT2D eigenvalue weighted by Crippen LogP contribution is -2.28. The first-order chi connectivity index (χ1) is 12.0. The Labute approximate surface area is 144 Å². The van der Waals surface area contributed by atoms with Gasteiger partial charge in [0.2, 0.25) is 11.8 Å². The molecule has 1 aliphatic heterocycles. The van der Waals surface area contributed by atoms with E-state index in [-0.39, 0.29) is 30.5 Å². The molecular formula is C19H18F2N2O2. The molecule has 0 aromatic heterocycles. The molecule has 2 aromatic carbocycles. The molecule has 2 amide bonds. The number of halogens is 2. The van der Waals surface area contributed by atoms with Crippen LogP contribution in [0.1, 0.15) is 18.9 Å². The third-order valence-corrected chi connectivity index (χ3v) is 4.34. The van der Waals surface area contributed by atoms with Crippen molar-refractivity contribution in [1.82, 2.24) is 0 Å². The number of amides is 2. The number of hydrogen-bond acceptors (Lipinski definition) is 2. The lowest BCUT2D eigenvalue weighted by molar-refractivity contribution is -0.122. The second kappa shape index (κ2) is 7.01. The molecule has 0 spiro atoms. The van der Waals surface area contributed by atoms with Crippen molar-refractivity contribution in [2.75, 3.05) is 16.8 Å². The zero-order valence-electron chi connectivity index (χ0n) is 13.8. The van der Waals surface area contributed by atoms with Crippen molar-refractivity contribution in [3.8, 4) is 0 Å². The van der Waals surface area contributed by atoms with Crippen LogP contribution in [-0.2, 0) is 16.0 Å². The van der Waals surface area contributed by atoms with Crippen molar-refractivity contribution in [2.24, 2.45) is 5.92 Å². The summed E-state index contributed by atoms with van der Waals surface area (Å²) in [6.07, 6.45) is 0.999. The van der Waals surface area contributed by atoms with E-state index in [4.69, 9.17) is 0 Å². The summed E-state index contributed by atoms with van der Waals surface area (Å²) in [5, 5.41) is 2.54. The van der Waals surface area contributed by atoms with Crippen LogP contribution in [0.15, 0.2) is 42.5 Å². The summed E-state index contributed by atoms with van der Waals surface area (Å²) in [6, 6.07) is 10.8. The van der Waals surface area contributed by atoms with Crippen LogP contribution in [0.2, 0.25) is 0 Å². The molecular weight excluding hydrogens is 326 g/mol. The van der Waals surface area contributed by atoms with Crippen LogP contribution >= 0.6 is 0 Å². The van der Waals surface area contributed by atoms with E-state index in [1.165, 1.54) is 11.6 Å². The molecule has 1 saturated heterocycles. The summed E-state index contributed by atoms with van der Waals surface area (Å²) in [4.78, 5) is 26.1. The van der Waals surface area contributed by atoms with E-state index in [9.17, 15) is 18.4 Å². The number of hydrogen-bond donors (Lipinski definition) is 1. The molecule has 0 saturated carbocycles. The van der Waals surface area contributed by atoms with E-state index in [0.717, 1.165) is 24.2 Å². The van der Waals surface area contributed by atoms with Crippen molar-refractivity contribution in [3.63, 3.8) is 0 Å². The van der Waals surface area contributed by atoms with Gasteiger partial charge in [-0.15, -0.1) is 0 Å². The van der Waals surface area contributed by atoms with E-state index in [1.807, 2.05) is 24.3 Å². The number of nitrogens with zero attached hydrogens (tertiary/aromatic N) is 1. The van der Waals surface area contributed by atoms with Crippen LogP contribution in [-0.4, -0.2) is 18.4 Å². The summed E-state index contributed by atoms with van der Waals surface area (Å²) in [7, 11) is 0. The molecule has 1 fully saturated rings. The molecule has 25 heavy (non-hydrogen) atoms. The van der Waals surface area contributed by atoms with Crippen LogP contribution in [0, 0.1) is 17.6 Å². The van der Waals surface area contributed by atoms with Crippen molar-refractivity contribution in [3.05, 3.63) is 59.7 Å². The predicted octanol–water partition coefficient (Wildman–Crippen LogP) is 3.52. The fraction of sp³-hybridized carbons (Fsp3) is 0.263. The van der Waals surface area contributed by atoms with Crippen LogP contribution in [0.25, 0.3) is 0 Å². The molecule has 1 heterocycles. The first kappa shape index (κ1) is 17.1. The van der Waals surface area contributed by atoms with Crippen LogP contribution in [0.3, 0.4) is 0 Å². The van der Waals surface area contributed by atoms with Gasteiger partial charge < -0.3 is 10.2 Å². The van der Waals surface area contributed by atoms with Crippen molar-refractivity contribution in [1.29, 1.82) is 0 Å². The van der Waals surface area contributed by atoms with Crippen molar-refractivity contribution in [2.45, 2.75) is 19.8 Å². The van der Waals surface area contributed by atoms with Gasteiger partial charge in [-0.1, -0.05) is 19.1 Å². The molecule has 1 atom stereocenters. The van der Waals surface area contributed by atoms with Gasteiger partial charge in [-0.05, 0) is 36.2 Å². The average Bonchev–Trinajstić information content (AvgIpc) is 3.00. The molecule has 3 rings (SSSR count). The summed E-state index contributed by atoms with van der Waals surface area (Å²) in [5.74, 6) is -3.05. The minimum Gasteiger partial charge on any atom is -0.326 e. The highest BCUT2D eigenvalue weighted by atomic mass is 19.2. The van der Waals surface area contributed by atoms with Gasteiger partial charge >= 0.3 is 0 Å². The minimum atomic E-state index is -1.03. The summed E-state index contributed by atoms with van der Waals surface area (Å²) < 4.78 is 26.2. The van der Waals surface area contributed by atoms with Gasteiger partial charge in [-0.25, -0.2) is 8.78 Å². The van der Waals surface area contributed by atoms with Gasteiger partial charge in [0.15, 0.2) is 11.6 Å². The van der Waals surface area contributed by atoms with Gasteiger partial charge in [0, 0.05) is 30.4 Å². The topological polar surface area (TPSA) is 49.4 Å². The fourth-order valence-corrected chi connectivity index (χ4v) is 2.86. The van der Waals surface area contributed by atoms with Gasteiger partial charge in [0.1, 0.15) is 0 Å². The zero-order chi connectivity index (χ0) is 18.0. The first-order valence-electron chi connectivity index (χ1n) is 8.13. The summed E-state index contributed by atoms with van der Waals surface area (Å²) in [5.41, 5.74) is 2.09. The molecule has 0 bridgehead atoms. The van der Waals surface area contributed by atoms with E-state index < -0.39 is 17.6 Å². The standard InChI is InChI=1S/C19H18F2N2O2/c1-2-12-3-6-15(7-4-12)23-11-13(9-18(23)24)19(25)22-14-5-8-16(20)17(21)10-14/h3-8,10,13H,2,9,11H2,1H3,(H,22,25)/t13-/m1/s1. The number of anilines is 2. The Morgan fingerprint density at radius 2 is 1.88 bits per heavy atom. The molecule has 0 radical (unpaired) electrons. The van der Waals surface area contributed by atoms with Gasteiger partial charge in [0.05, 0.1) is 5.92 Å². The Bertz CT molecular complexity index is 806. The minimum absolute atomic E-state index is 0.0883. The Morgan fingerprint density at radius 1 is 1.16 bits per heavy atom. The Morgan fingerprint density at radius 3 is 2.52 bits per heavy atom. The molecule has 2 aromatic rings. The second-order valence-electron chi connectivity index (χ2n) is 6.04. The molecule has 4 nitrogen and oxygen atoms in total. The number of aryl methyl sites for hydroxylation is 1. The van der Waals surface area contributed by atoms with E-state index in [2.05, 4.69) is 12.2 Å². The third-order valence-electron chi connectivity index (χ3n) is 4.34. The van der Waals surface area contributed by atoms with Crippen molar-refractivity contribution < 1.29 is 18.4 Å². The normalized spacial score (nSPS) is 17.0. The fourth-order valence-electron chi connectivity index (χ4n) is 2.86. The highest BCUT2D eigenvalue weighted by Gasteiger charge is 2.35. The Balaban J connectivity index is 1.68. The Hall–Kier alpha value is -2.76. The molecule has 1 aliphatic rings. The maximum atomic E-state index is 13.2. The van der Waals surface area contributed by atoms with Crippen LogP contribution in [0.5, 0.6) is 0 Å². The highest BCUT2D eigenvalue weighted by molar-refractivity contribution is 6.03. The maximum Gasteiger partial charge on any atom is 0.229 e. The van der Waals surface area contributed by atoms with Crippen LogP contribution < -0.4 is 10.2 Å². The molecule has 0 aliphatic carbocycles. The molecule has 1 N–H and O–H groups in total. The number of benzene rings is 2. The summed E-state index contributed by atoms with van der Waals surface area (Å²) >= 11 is 0. The summed E-state index contributed by atoms with van der Waals surface area (Å²) in [6.45, 7) is 2.31. The quantitative estimate of drug-likeness (QED) is 0.923. The molecule has 6 heteroatoms. The van der Waals surface area contributed by atoms with E-state index in [1.54, 1.807) is 4.90 Å². The third kappa shape index (κ3) is 3.68. The largest absolute Gasteiger partial charge is 0.326 e. The van der Waals surface area contributed by atoms with Gasteiger partial charge in [0.25, 0.3) is 0 Å². The number of nitrogens with one attached hydrogen (secondary N) is 1. The number of rotatable bonds is 4. The van der Waals surface area contributed by atoms with Gasteiger partial charge in [-0.3, -0.25) is 9.59 Å². The smallest absolute Gasteiger partial charge is 0.229 e. The van der Waals surface area contributed by atoms with Crippen LogP contribution in [0.4, 0.5) is 20.2 Å². The van der Waals surface area contributed by atoms with E-state index >= 15 is 0 Å². The SMILES string of the molecule is CCc1ccc(N2C[C@H](C(=O)Nc3ccc(F)c(F)c3)CC2=O)cc1. The lowest BCUT2D eigenvalue weighted by Gasteiger charge is -2.17. The van der Waals surface area contributed by atoms with Crippen molar-refractivity contribution >= 4 is 23.2 Å². The highest BCUT2D eigenvalue weighted by Crippen LogP contribution is 2.26. The predicted molar refractivity (Wildman–Crippen MR) is 91.3 cm³/mol. The van der Waals surface area contributed by atoms with Gasteiger partial charge in [-0.2, -0.15) is 0 Å². The number of carbonyl (C=O) groups excluding carboxylic acids is 2. The first-order valence-corrected chi connectivity index (χ1v) is 8.13. The molecule has 0 unspecified atom stereocenters. The average molecular weight is 344 g/mol. The zero-order valence-corrected chi connectivity index (χ0v) is 13.8. The monoisotopic (exact) mass is 344 g/mol. The Kier molecular flexibility index (Phi) is 4.79. The van der Waals surface area contributed by atoms with E-state index in [0.29, 0.717) is 0 Å². The maximum absolute atomic E-state index is 13.2.